The molecule has 2 aliphatic rings. The van der Waals surface area contributed by atoms with Crippen molar-refractivity contribution >= 4 is 23.5 Å². The Bertz CT molecular complexity index is 316. The first-order valence-corrected chi connectivity index (χ1v) is 4.43. The summed E-state index contributed by atoms with van der Waals surface area (Å²) in [5.41, 5.74) is 0.0661. The first kappa shape index (κ1) is 9.64. The third-order valence-electron chi connectivity index (χ3n) is 1.96. The fraction of sp³-hybridized carbons (Fsp3) is 0.500. The molecular weight excluding hydrogens is 212 g/mol. The summed E-state index contributed by atoms with van der Waals surface area (Å²) < 4.78 is 14.6. The molecule has 0 N–H and O–H groups in total. The molecule has 2 heterocycles. The van der Waals surface area contributed by atoms with Gasteiger partial charge in [0.15, 0.2) is 0 Å². The van der Waals surface area contributed by atoms with Crippen molar-refractivity contribution in [3.05, 3.63) is 10.6 Å². The maximum Gasteiger partial charge on any atom is 0.358 e. The zero-order valence-electron chi connectivity index (χ0n) is 7.12. The summed E-state index contributed by atoms with van der Waals surface area (Å²) in [6.07, 6.45) is -0.588. The number of carbonyl (C=O) groups excluding carboxylic acids is 2. The lowest BCUT2D eigenvalue weighted by Crippen LogP contribution is -2.32. The van der Waals surface area contributed by atoms with Crippen LogP contribution in [-0.4, -0.2) is 37.9 Å². The fourth-order valence-corrected chi connectivity index (χ4v) is 1.55. The van der Waals surface area contributed by atoms with Gasteiger partial charge in [-0.1, -0.05) is 11.6 Å². The summed E-state index contributed by atoms with van der Waals surface area (Å²) in [5, 5.41) is -0.203. The van der Waals surface area contributed by atoms with Gasteiger partial charge in [0.1, 0.15) is 11.1 Å². The number of hydrogen-bond acceptors (Lipinski definition) is 5. The van der Waals surface area contributed by atoms with Crippen LogP contribution in [0.4, 0.5) is 0 Å². The molecule has 0 amide bonds. The minimum atomic E-state index is -0.819. The van der Waals surface area contributed by atoms with Crippen molar-refractivity contribution in [1.82, 2.24) is 0 Å². The fourth-order valence-electron chi connectivity index (χ4n) is 1.31. The van der Waals surface area contributed by atoms with Crippen LogP contribution in [0.15, 0.2) is 10.6 Å². The van der Waals surface area contributed by atoms with E-state index in [1.54, 1.807) is 0 Å². The van der Waals surface area contributed by atoms with Crippen molar-refractivity contribution in [2.45, 2.75) is 6.10 Å². The first-order valence-electron chi connectivity index (χ1n) is 4.05. The average Bonchev–Trinajstić information content (AvgIpc) is 2.43. The molecule has 1 atom stereocenters. The molecule has 76 valence electrons. The van der Waals surface area contributed by atoms with Crippen LogP contribution in [0.3, 0.4) is 0 Å². The third kappa shape index (κ3) is 1.54. The van der Waals surface area contributed by atoms with Gasteiger partial charge in [-0.2, -0.15) is 0 Å². The highest BCUT2D eigenvalue weighted by Crippen LogP contribution is 2.26. The van der Waals surface area contributed by atoms with E-state index in [4.69, 9.17) is 21.1 Å². The lowest BCUT2D eigenvalue weighted by Gasteiger charge is -2.22. The first-order chi connectivity index (χ1) is 6.70. The molecule has 0 aromatic rings. The van der Waals surface area contributed by atoms with Gasteiger partial charge in [-0.3, -0.25) is 0 Å². The summed E-state index contributed by atoms with van der Waals surface area (Å²) in [6, 6.07) is 0. The number of ether oxygens (including phenoxy) is 3. The van der Waals surface area contributed by atoms with E-state index < -0.39 is 18.0 Å². The predicted octanol–water partition coefficient (Wildman–Crippen LogP) is -0.0219. The summed E-state index contributed by atoms with van der Waals surface area (Å²) in [4.78, 5) is 22.1. The molecule has 0 saturated carbocycles. The highest BCUT2D eigenvalue weighted by atomic mass is 35.5. The molecule has 0 unspecified atom stereocenters. The Morgan fingerprint density at radius 1 is 1.21 bits per heavy atom. The van der Waals surface area contributed by atoms with Gasteiger partial charge in [-0.05, 0) is 0 Å². The number of rotatable bonds is 1. The Morgan fingerprint density at radius 2 is 2.00 bits per heavy atom. The standard InChI is InChI=1S/C8H7ClO5/c9-6-5(7(10)14-8(6)11)4-3-12-1-2-13-4/h4H,1-3H2/t4-/m0/s1. The van der Waals surface area contributed by atoms with Crippen LogP contribution in [-0.2, 0) is 23.8 Å². The molecule has 2 rings (SSSR count). The number of hydrogen-bond donors (Lipinski definition) is 0. The van der Waals surface area contributed by atoms with Gasteiger partial charge in [0.05, 0.1) is 25.4 Å². The largest absolute Gasteiger partial charge is 0.385 e. The summed E-state index contributed by atoms with van der Waals surface area (Å²) >= 11 is 5.61. The molecule has 0 spiro atoms. The molecule has 0 bridgehead atoms. The van der Waals surface area contributed by atoms with Gasteiger partial charge in [-0.15, -0.1) is 0 Å². The highest BCUT2D eigenvalue weighted by Gasteiger charge is 2.38. The Labute approximate surface area is 84.6 Å². The van der Waals surface area contributed by atoms with Gasteiger partial charge < -0.3 is 14.2 Å². The van der Waals surface area contributed by atoms with Crippen molar-refractivity contribution in [3.63, 3.8) is 0 Å². The minimum absolute atomic E-state index is 0.0661. The molecular formula is C8H7ClO5. The van der Waals surface area contributed by atoms with Crippen molar-refractivity contribution in [2.24, 2.45) is 0 Å². The topological polar surface area (TPSA) is 61.8 Å². The second-order valence-corrected chi connectivity index (χ2v) is 3.22. The van der Waals surface area contributed by atoms with E-state index in [9.17, 15) is 9.59 Å². The average molecular weight is 219 g/mol. The number of halogens is 1. The molecule has 6 heteroatoms. The molecule has 5 nitrogen and oxygen atoms in total. The lowest BCUT2D eigenvalue weighted by molar-refractivity contribution is -0.152. The van der Waals surface area contributed by atoms with Gasteiger partial charge in [0.25, 0.3) is 0 Å². The molecule has 1 fully saturated rings. The maximum absolute atomic E-state index is 11.2. The van der Waals surface area contributed by atoms with Crippen LogP contribution in [0.25, 0.3) is 0 Å². The third-order valence-corrected chi connectivity index (χ3v) is 2.32. The normalized spacial score (nSPS) is 28.2. The Balaban J connectivity index is 2.23. The Morgan fingerprint density at radius 3 is 2.50 bits per heavy atom. The van der Waals surface area contributed by atoms with Crippen LogP contribution in [0.5, 0.6) is 0 Å². The van der Waals surface area contributed by atoms with Gasteiger partial charge in [0.2, 0.25) is 0 Å². The number of carbonyl (C=O) groups is 2. The van der Waals surface area contributed by atoms with Crippen LogP contribution in [0, 0.1) is 0 Å². The van der Waals surface area contributed by atoms with Crippen LogP contribution >= 0.6 is 11.6 Å². The number of esters is 2. The van der Waals surface area contributed by atoms with Crippen LogP contribution < -0.4 is 0 Å². The van der Waals surface area contributed by atoms with Crippen LogP contribution in [0.2, 0.25) is 0 Å². The SMILES string of the molecule is O=C1OC(=O)C([C@@H]2COCCO2)=C1Cl. The van der Waals surface area contributed by atoms with E-state index in [0.717, 1.165) is 0 Å². The van der Waals surface area contributed by atoms with Gasteiger partial charge in [0, 0.05) is 0 Å². The zero-order valence-corrected chi connectivity index (χ0v) is 7.87. The predicted molar refractivity (Wildman–Crippen MR) is 44.5 cm³/mol. The van der Waals surface area contributed by atoms with E-state index in [2.05, 4.69) is 4.74 Å². The van der Waals surface area contributed by atoms with Crippen molar-refractivity contribution in [1.29, 1.82) is 0 Å². The molecule has 1 saturated heterocycles. The van der Waals surface area contributed by atoms with Crippen molar-refractivity contribution in [2.75, 3.05) is 19.8 Å². The summed E-state index contributed by atoms with van der Waals surface area (Å²) in [7, 11) is 0. The maximum atomic E-state index is 11.2. The van der Waals surface area contributed by atoms with Gasteiger partial charge in [-0.25, -0.2) is 9.59 Å². The summed E-state index contributed by atoms with van der Waals surface area (Å²) in [6.45, 7) is 1.07. The molecule has 0 aromatic carbocycles. The quantitative estimate of drug-likeness (QED) is 0.457. The van der Waals surface area contributed by atoms with E-state index in [1.165, 1.54) is 0 Å². The molecule has 2 aliphatic heterocycles. The molecule has 0 aliphatic carbocycles. The second-order valence-electron chi connectivity index (χ2n) is 2.84. The number of cyclic esters (lactones) is 2. The zero-order chi connectivity index (χ0) is 10.1. The van der Waals surface area contributed by atoms with E-state index >= 15 is 0 Å². The van der Waals surface area contributed by atoms with Crippen molar-refractivity contribution in [3.8, 4) is 0 Å². The lowest BCUT2D eigenvalue weighted by atomic mass is 10.1. The molecule has 14 heavy (non-hydrogen) atoms. The Hall–Kier alpha value is -0.910. The molecule has 0 aromatic heterocycles. The summed E-state index contributed by atoms with van der Waals surface area (Å²) in [5.74, 6) is -1.56. The van der Waals surface area contributed by atoms with E-state index in [1.807, 2.05) is 0 Å². The Kier molecular flexibility index (Phi) is 2.54. The highest BCUT2D eigenvalue weighted by molar-refractivity contribution is 6.46. The molecule has 0 radical (unpaired) electrons. The van der Waals surface area contributed by atoms with E-state index in [0.29, 0.717) is 13.2 Å². The van der Waals surface area contributed by atoms with Gasteiger partial charge >= 0.3 is 11.9 Å². The second kappa shape index (κ2) is 3.68. The van der Waals surface area contributed by atoms with Crippen molar-refractivity contribution < 1.29 is 23.8 Å². The smallest absolute Gasteiger partial charge is 0.358 e. The minimum Gasteiger partial charge on any atom is -0.385 e. The van der Waals surface area contributed by atoms with Crippen LogP contribution in [0.1, 0.15) is 0 Å². The van der Waals surface area contributed by atoms with E-state index in [-0.39, 0.29) is 17.2 Å². The monoisotopic (exact) mass is 218 g/mol.